The minimum absolute atomic E-state index is 0.298. The van der Waals surface area contributed by atoms with Crippen molar-refractivity contribution >= 4 is 15.9 Å². The Morgan fingerprint density at radius 2 is 1.79 bits per heavy atom. The van der Waals surface area contributed by atoms with E-state index in [2.05, 4.69) is 22.9 Å². The predicted molar refractivity (Wildman–Crippen MR) is 78.6 cm³/mol. The Hall–Kier alpha value is -1.19. The quantitative estimate of drug-likeness (QED) is 0.883. The smallest absolute Gasteiger partial charge is 0.137 e. The number of aliphatic hydroxyl groups is 1. The molecule has 0 aliphatic rings. The van der Waals surface area contributed by atoms with Crippen LogP contribution in [-0.2, 0) is 12.8 Å². The molecule has 0 aromatic heterocycles. The van der Waals surface area contributed by atoms with Crippen molar-refractivity contribution in [2.75, 3.05) is 0 Å². The van der Waals surface area contributed by atoms with E-state index in [4.69, 9.17) is 0 Å². The second kappa shape index (κ2) is 6.31. The third-order valence-electron chi connectivity index (χ3n) is 3.24. The van der Waals surface area contributed by atoms with Gasteiger partial charge in [0.15, 0.2) is 0 Å². The minimum atomic E-state index is -0.616. The number of benzene rings is 2. The van der Waals surface area contributed by atoms with Gasteiger partial charge in [-0.1, -0.05) is 43.3 Å². The topological polar surface area (TPSA) is 20.2 Å². The molecule has 1 nitrogen and oxygen atoms in total. The molecule has 19 heavy (non-hydrogen) atoms. The number of halogens is 2. The highest BCUT2D eigenvalue weighted by Crippen LogP contribution is 2.27. The minimum Gasteiger partial charge on any atom is -0.388 e. The van der Waals surface area contributed by atoms with Crippen LogP contribution in [0, 0.1) is 5.82 Å². The molecule has 2 aromatic carbocycles. The first-order chi connectivity index (χ1) is 9.13. The van der Waals surface area contributed by atoms with E-state index in [0.29, 0.717) is 10.9 Å². The van der Waals surface area contributed by atoms with Crippen molar-refractivity contribution < 1.29 is 9.50 Å². The molecule has 100 valence electrons. The molecule has 3 heteroatoms. The summed E-state index contributed by atoms with van der Waals surface area (Å²) >= 11 is 3.23. The van der Waals surface area contributed by atoms with Crippen LogP contribution in [0.1, 0.15) is 29.7 Å². The van der Waals surface area contributed by atoms with Crippen molar-refractivity contribution in [1.82, 2.24) is 0 Å². The second-order valence-corrected chi connectivity index (χ2v) is 5.28. The van der Waals surface area contributed by atoms with E-state index in [1.54, 1.807) is 6.07 Å². The fraction of sp³-hybridized carbons (Fsp3) is 0.250. The summed E-state index contributed by atoms with van der Waals surface area (Å²) in [5.74, 6) is -0.298. The van der Waals surface area contributed by atoms with E-state index in [9.17, 15) is 9.50 Å². The predicted octanol–water partition coefficient (Wildman–Crippen LogP) is 4.43. The van der Waals surface area contributed by atoms with E-state index in [1.165, 1.54) is 6.07 Å². The third kappa shape index (κ3) is 3.23. The van der Waals surface area contributed by atoms with Crippen molar-refractivity contribution in [2.45, 2.75) is 25.9 Å². The fourth-order valence-corrected chi connectivity index (χ4v) is 2.63. The highest BCUT2D eigenvalue weighted by atomic mass is 79.9. The fourth-order valence-electron chi connectivity index (χ4n) is 2.21. The molecule has 1 N–H and O–H groups in total. The highest BCUT2D eigenvalue weighted by Gasteiger charge is 2.14. The van der Waals surface area contributed by atoms with Gasteiger partial charge in [-0.2, -0.15) is 0 Å². The molecule has 0 amide bonds. The summed E-state index contributed by atoms with van der Waals surface area (Å²) in [5.41, 5.74) is 2.82. The lowest BCUT2D eigenvalue weighted by Crippen LogP contribution is -2.06. The molecule has 1 atom stereocenters. The van der Waals surface area contributed by atoms with Crippen molar-refractivity contribution in [3.05, 3.63) is 69.4 Å². The van der Waals surface area contributed by atoms with Crippen LogP contribution in [0.15, 0.2) is 46.9 Å². The molecule has 0 heterocycles. The van der Waals surface area contributed by atoms with Crippen LogP contribution < -0.4 is 0 Å². The summed E-state index contributed by atoms with van der Waals surface area (Å²) in [6.07, 6.45) is 0.654. The molecule has 1 unspecified atom stereocenters. The van der Waals surface area contributed by atoms with Crippen molar-refractivity contribution in [3.8, 4) is 0 Å². The maximum Gasteiger partial charge on any atom is 0.137 e. The van der Waals surface area contributed by atoms with Gasteiger partial charge in [-0.3, -0.25) is 0 Å². The Kier molecular flexibility index (Phi) is 4.72. The van der Waals surface area contributed by atoms with Crippen LogP contribution in [0.3, 0.4) is 0 Å². The second-order valence-electron chi connectivity index (χ2n) is 4.49. The van der Waals surface area contributed by atoms with Crippen molar-refractivity contribution in [3.63, 3.8) is 0 Å². The number of hydrogen-bond acceptors (Lipinski definition) is 1. The van der Waals surface area contributed by atoms with Gasteiger partial charge in [-0.15, -0.1) is 0 Å². The van der Waals surface area contributed by atoms with Gasteiger partial charge in [0.2, 0.25) is 0 Å². The van der Waals surface area contributed by atoms with Gasteiger partial charge in [0, 0.05) is 6.42 Å². The van der Waals surface area contributed by atoms with Crippen molar-refractivity contribution in [1.29, 1.82) is 0 Å². The van der Waals surface area contributed by atoms with Gasteiger partial charge in [0.1, 0.15) is 5.82 Å². The Bertz CT molecular complexity index is 568. The van der Waals surface area contributed by atoms with Crippen LogP contribution in [0.2, 0.25) is 0 Å². The zero-order chi connectivity index (χ0) is 13.8. The molecule has 0 spiro atoms. The van der Waals surface area contributed by atoms with Gasteiger partial charge < -0.3 is 5.11 Å². The van der Waals surface area contributed by atoms with Crippen LogP contribution in [0.25, 0.3) is 0 Å². The molecule has 0 aliphatic carbocycles. The molecule has 2 aromatic rings. The van der Waals surface area contributed by atoms with Crippen LogP contribution in [0.4, 0.5) is 4.39 Å². The molecular formula is C16H16BrFO. The standard InChI is InChI=1S/C16H16BrFO/c1-2-11-6-3-4-8-13(11)15(19)10-12-7-5-9-14(18)16(12)17/h3-9,15,19H,2,10H2,1H3. The van der Waals surface area contributed by atoms with Crippen molar-refractivity contribution in [2.24, 2.45) is 0 Å². The summed E-state index contributed by atoms with van der Waals surface area (Å²) in [4.78, 5) is 0. The van der Waals surface area contributed by atoms with Gasteiger partial charge in [-0.25, -0.2) is 4.39 Å². The van der Waals surface area contributed by atoms with E-state index in [-0.39, 0.29) is 5.82 Å². The number of aryl methyl sites for hydroxylation is 1. The van der Waals surface area contributed by atoms with Gasteiger partial charge in [-0.05, 0) is 45.1 Å². The highest BCUT2D eigenvalue weighted by molar-refractivity contribution is 9.10. The first kappa shape index (κ1) is 14.2. The summed E-state index contributed by atoms with van der Waals surface area (Å²) in [7, 11) is 0. The van der Waals surface area contributed by atoms with Gasteiger partial charge >= 0.3 is 0 Å². The largest absolute Gasteiger partial charge is 0.388 e. The zero-order valence-electron chi connectivity index (χ0n) is 10.7. The maximum absolute atomic E-state index is 13.4. The zero-order valence-corrected chi connectivity index (χ0v) is 12.3. The number of rotatable bonds is 4. The molecule has 0 fully saturated rings. The summed E-state index contributed by atoms with van der Waals surface area (Å²) < 4.78 is 13.9. The molecule has 2 rings (SSSR count). The van der Waals surface area contributed by atoms with Crippen LogP contribution in [-0.4, -0.2) is 5.11 Å². The normalized spacial score (nSPS) is 12.4. The Labute approximate surface area is 121 Å². The maximum atomic E-state index is 13.4. The molecule has 0 saturated carbocycles. The molecular weight excluding hydrogens is 307 g/mol. The van der Waals surface area contributed by atoms with E-state index < -0.39 is 6.10 Å². The first-order valence-electron chi connectivity index (χ1n) is 6.32. The van der Waals surface area contributed by atoms with Gasteiger partial charge in [0.05, 0.1) is 10.6 Å². The molecule has 0 saturated heterocycles. The monoisotopic (exact) mass is 322 g/mol. The van der Waals surface area contributed by atoms with E-state index in [1.807, 2.05) is 30.3 Å². The lowest BCUT2D eigenvalue weighted by Gasteiger charge is -2.16. The molecule has 0 radical (unpaired) electrons. The molecule has 0 bridgehead atoms. The van der Waals surface area contributed by atoms with E-state index in [0.717, 1.165) is 23.1 Å². The third-order valence-corrected chi connectivity index (χ3v) is 4.13. The Morgan fingerprint density at radius 3 is 2.53 bits per heavy atom. The summed E-state index contributed by atoms with van der Waals surface area (Å²) in [6.45, 7) is 2.06. The van der Waals surface area contributed by atoms with Crippen LogP contribution in [0.5, 0.6) is 0 Å². The summed E-state index contributed by atoms with van der Waals surface area (Å²) in [5, 5.41) is 10.4. The van der Waals surface area contributed by atoms with E-state index >= 15 is 0 Å². The SMILES string of the molecule is CCc1ccccc1C(O)Cc1cccc(F)c1Br. The first-order valence-corrected chi connectivity index (χ1v) is 7.11. The molecule has 0 aliphatic heterocycles. The Balaban J connectivity index is 2.26. The summed E-state index contributed by atoms with van der Waals surface area (Å²) in [6, 6.07) is 12.7. The Morgan fingerprint density at radius 1 is 1.11 bits per heavy atom. The van der Waals surface area contributed by atoms with Crippen LogP contribution >= 0.6 is 15.9 Å². The average molecular weight is 323 g/mol. The van der Waals surface area contributed by atoms with Gasteiger partial charge in [0.25, 0.3) is 0 Å². The average Bonchev–Trinajstić information content (AvgIpc) is 2.43. The lowest BCUT2D eigenvalue weighted by atomic mass is 9.96. The number of aliphatic hydroxyl groups excluding tert-OH is 1. The lowest BCUT2D eigenvalue weighted by molar-refractivity contribution is 0.177. The number of hydrogen-bond donors (Lipinski definition) is 1.